The number of carbonyl (C=O) groups excluding carboxylic acids is 2. The molecule has 1 aromatic heterocycles. The summed E-state index contributed by atoms with van der Waals surface area (Å²) in [5.74, 6) is -1.27. The average Bonchev–Trinajstić information content (AvgIpc) is 2.97. The van der Waals surface area contributed by atoms with Gasteiger partial charge >= 0.3 is 5.97 Å². The summed E-state index contributed by atoms with van der Waals surface area (Å²) < 4.78 is 7.03. The number of aryl methyl sites for hydroxylation is 1. The van der Waals surface area contributed by atoms with E-state index >= 15 is 0 Å². The van der Waals surface area contributed by atoms with Crippen LogP contribution in [0.4, 0.5) is 11.4 Å². The summed E-state index contributed by atoms with van der Waals surface area (Å²) in [6.07, 6.45) is 1.43. The highest BCUT2D eigenvalue weighted by atomic mass is 16.6. The summed E-state index contributed by atoms with van der Waals surface area (Å²) >= 11 is 0. The molecule has 9 nitrogen and oxygen atoms in total. The zero-order valence-electron chi connectivity index (χ0n) is 17.8. The lowest BCUT2D eigenvalue weighted by Gasteiger charge is -2.12. The molecule has 0 spiro atoms. The van der Waals surface area contributed by atoms with Crippen LogP contribution in [0.15, 0.2) is 35.9 Å². The molecular weight excluding hydrogens is 400 g/mol. The third-order valence-electron chi connectivity index (χ3n) is 4.51. The Labute approximate surface area is 180 Å². The van der Waals surface area contributed by atoms with Crippen molar-refractivity contribution in [3.05, 3.63) is 63.0 Å². The van der Waals surface area contributed by atoms with Crippen molar-refractivity contribution >= 4 is 29.3 Å². The third-order valence-corrected chi connectivity index (χ3v) is 4.51. The van der Waals surface area contributed by atoms with Gasteiger partial charge in [0.25, 0.3) is 11.6 Å². The van der Waals surface area contributed by atoms with E-state index in [1.54, 1.807) is 6.07 Å². The van der Waals surface area contributed by atoms with Crippen molar-refractivity contribution in [3.63, 3.8) is 0 Å². The maximum Gasteiger partial charge on any atom is 0.349 e. The molecule has 31 heavy (non-hydrogen) atoms. The number of hydrogen-bond acceptors (Lipinski definition) is 6. The largest absolute Gasteiger partial charge is 0.451 e. The molecule has 2 aromatic rings. The zero-order valence-corrected chi connectivity index (χ0v) is 17.8. The number of nitriles is 1. The number of hydrogen-bond donors (Lipinski definition) is 1. The van der Waals surface area contributed by atoms with Crippen LogP contribution in [-0.4, -0.2) is 28.0 Å². The van der Waals surface area contributed by atoms with Crippen LogP contribution in [0.3, 0.4) is 0 Å². The maximum absolute atomic E-state index is 12.3. The fourth-order valence-electron chi connectivity index (χ4n) is 3.05. The number of esters is 1. The van der Waals surface area contributed by atoms with Gasteiger partial charge < -0.3 is 14.6 Å². The number of nitrogens with one attached hydrogen (secondary N) is 1. The number of rotatable bonds is 8. The second-order valence-corrected chi connectivity index (χ2v) is 7.40. The van der Waals surface area contributed by atoms with E-state index in [1.807, 2.05) is 19.9 Å². The Morgan fingerprint density at radius 1 is 1.32 bits per heavy atom. The molecule has 162 valence electrons. The van der Waals surface area contributed by atoms with Gasteiger partial charge in [0, 0.05) is 24.0 Å². The summed E-state index contributed by atoms with van der Waals surface area (Å²) in [4.78, 5) is 34.7. The summed E-state index contributed by atoms with van der Waals surface area (Å²) in [6.45, 7) is 8.18. The Balaban J connectivity index is 2.08. The van der Waals surface area contributed by atoms with Gasteiger partial charge in [-0.2, -0.15) is 5.26 Å². The SMILES string of the molecule is Cc1cc(/C=C(\C#N)C(=O)OCC(=O)Nc2ccccc2[N+](=O)[O-])c(C)n1CC(C)C. The summed E-state index contributed by atoms with van der Waals surface area (Å²) in [7, 11) is 0. The first-order valence-electron chi connectivity index (χ1n) is 9.63. The minimum Gasteiger partial charge on any atom is -0.451 e. The number of ether oxygens (including phenoxy) is 1. The lowest BCUT2D eigenvalue weighted by atomic mass is 10.1. The van der Waals surface area contributed by atoms with Crippen LogP contribution >= 0.6 is 0 Å². The second kappa shape index (κ2) is 10.2. The molecule has 1 N–H and O–H groups in total. The van der Waals surface area contributed by atoms with E-state index in [0.717, 1.165) is 23.5 Å². The highest BCUT2D eigenvalue weighted by molar-refractivity contribution is 6.00. The predicted molar refractivity (Wildman–Crippen MR) is 115 cm³/mol. The molecule has 0 aliphatic rings. The number of nitro benzene ring substituents is 1. The number of nitrogens with zero attached hydrogens (tertiary/aromatic N) is 3. The maximum atomic E-state index is 12.3. The molecule has 0 saturated carbocycles. The Hall–Kier alpha value is -3.93. The van der Waals surface area contributed by atoms with Gasteiger partial charge in [-0.25, -0.2) is 4.79 Å². The normalized spacial score (nSPS) is 11.2. The molecule has 0 aliphatic heterocycles. The average molecular weight is 424 g/mol. The number of nitro groups is 1. The fraction of sp³-hybridized carbons (Fsp3) is 0.318. The lowest BCUT2D eigenvalue weighted by Crippen LogP contribution is -2.21. The quantitative estimate of drug-likeness (QED) is 0.226. The predicted octanol–water partition coefficient (Wildman–Crippen LogP) is 3.76. The number of carbonyl (C=O) groups is 2. The van der Waals surface area contributed by atoms with Crippen molar-refractivity contribution in [1.82, 2.24) is 4.57 Å². The Morgan fingerprint density at radius 2 is 2.00 bits per heavy atom. The standard InChI is InChI=1S/C22H24N4O5/c1-14(2)12-25-15(3)9-17(16(25)4)10-18(11-23)22(28)31-13-21(27)24-19-7-5-6-8-20(19)26(29)30/h5-10,14H,12-13H2,1-4H3,(H,24,27)/b18-10+. The molecule has 1 amide bonds. The van der Waals surface area contributed by atoms with Crippen molar-refractivity contribution in [3.8, 4) is 6.07 Å². The smallest absolute Gasteiger partial charge is 0.349 e. The van der Waals surface area contributed by atoms with E-state index in [1.165, 1.54) is 30.3 Å². The molecule has 0 fully saturated rings. The van der Waals surface area contributed by atoms with E-state index in [2.05, 4.69) is 23.7 Å². The zero-order chi connectivity index (χ0) is 23.1. The summed E-state index contributed by atoms with van der Waals surface area (Å²) in [5, 5.41) is 22.7. The van der Waals surface area contributed by atoms with Gasteiger partial charge in [0.1, 0.15) is 17.3 Å². The molecule has 0 saturated heterocycles. The number of para-hydroxylation sites is 2. The van der Waals surface area contributed by atoms with Gasteiger partial charge in [0.15, 0.2) is 6.61 Å². The van der Waals surface area contributed by atoms with E-state index < -0.39 is 23.4 Å². The van der Waals surface area contributed by atoms with E-state index in [9.17, 15) is 25.0 Å². The van der Waals surface area contributed by atoms with Crippen molar-refractivity contribution < 1.29 is 19.2 Å². The van der Waals surface area contributed by atoms with Crippen LogP contribution < -0.4 is 5.32 Å². The number of anilines is 1. The molecule has 1 heterocycles. The molecule has 0 bridgehead atoms. The van der Waals surface area contributed by atoms with Crippen molar-refractivity contribution in [2.24, 2.45) is 5.92 Å². The number of benzene rings is 1. The van der Waals surface area contributed by atoms with Gasteiger partial charge in [0.05, 0.1) is 4.92 Å². The van der Waals surface area contributed by atoms with Gasteiger partial charge in [-0.1, -0.05) is 26.0 Å². The molecule has 9 heteroatoms. The van der Waals surface area contributed by atoms with Crippen LogP contribution in [-0.2, 0) is 20.9 Å². The Kier molecular flexibility index (Phi) is 7.69. The second-order valence-electron chi connectivity index (χ2n) is 7.40. The number of amides is 1. The first-order chi connectivity index (χ1) is 14.6. The fourth-order valence-corrected chi connectivity index (χ4v) is 3.05. The van der Waals surface area contributed by atoms with Gasteiger partial charge in [-0.3, -0.25) is 14.9 Å². The minimum absolute atomic E-state index is 0.0119. The molecule has 0 atom stereocenters. The summed E-state index contributed by atoms with van der Waals surface area (Å²) in [5.41, 5.74) is 2.10. The lowest BCUT2D eigenvalue weighted by molar-refractivity contribution is -0.383. The molecule has 0 aliphatic carbocycles. The van der Waals surface area contributed by atoms with Crippen molar-refractivity contribution in [1.29, 1.82) is 5.26 Å². The van der Waals surface area contributed by atoms with Crippen LogP contribution in [0, 0.1) is 41.2 Å². The third kappa shape index (κ3) is 6.02. The highest BCUT2D eigenvalue weighted by Gasteiger charge is 2.18. The molecule has 1 aromatic carbocycles. The van der Waals surface area contributed by atoms with Crippen LogP contribution in [0.25, 0.3) is 6.08 Å². The van der Waals surface area contributed by atoms with Crippen LogP contribution in [0.2, 0.25) is 0 Å². The molecule has 0 radical (unpaired) electrons. The van der Waals surface area contributed by atoms with Crippen molar-refractivity contribution in [2.45, 2.75) is 34.2 Å². The van der Waals surface area contributed by atoms with E-state index in [-0.39, 0.29) is 16.9 Å². The molecule has 0 unspecified atom stereocenters. The molecular formula is C22H24N4O5. The van der Waals surface area contributed by atoms with Crippen LogP contribution in [0.1, 0.15) is 30.8 Å². The number of aromatic nitrogens is 1. The Bertz CT molecular complexity index is 1080. The first kappa shape index (κ1) is 23.3. The molecule has 2 rings (SSSR count). The monoisotopic (exact) mass is 424 g/mol. The Morgan fingerprint density at radius 3 is 2.61 bits per heavy atom. The van der Waals surface area contributed by atoms with Gasteiger partial charge in [-0.15, -0.1) is 0 Å². The minimum atomic E-state index is -0.950. The summed E-state index contributed by atoms with van der Waals surface area (Å²) in [6, 6.07) is 9.29. The highest BCUT2D eigenvalue weighted by Crippen LogP contribution is 2.23. The van der Waals surface area contributed by atoms with Gasteiger partial charge in [-0.05, 0) is 43.5 Å². The topological polar surface area (TPSA) is 127 Å². The van der Waals surface area contributed by atoms with Crippen LogP contribution in [0.5, 0.6) is 0 Å². The first-order valence-corrected chi connectivity index (χ1v) is 9.63. The van der Waals surface area contributed by atoms with Crippen molar-refractivity contribution in [2.75, 3.05) is 11.9 Å². The van der Waals surface area contributed by atoms with E-state index in [0.29, 0.717) is 5.92 Å². The van der Waals surface area contributed by atoms with Gasteiger partial charge in [0.2, 0.25) is 0 Å². The van der Waals surface area contributed by atoms with E-state index in [4.69, 9.17) is 4.74 Å².